The summed E-state index contributed by atoms with van der Waals surface area (Å²) in [5, 5.41) is 3.22. The fourth-order valence-electron chi connectivity index (χ4n) is 1.67. The first-order valence-electron chi connectivity index (χ1n) is 5.24. The molecule has 0 aromatic carbocycles. The number of nitrogens with one attached hydrogen (secondary N) is 1. The number of pyridine rings is 1. The number of carbonyl (C=O) groups excluding carboxylic acids is 1. The Kier molecular flexibility index (Phi) is 2.86. The largest absolute Gasteiger partial charge is 0.323 e. The van der Waals surface area contributed by atoms with Crippen LogP contribution in [0.1, 0.15) is 24.8 Å². The average Bonchev–Trinajstić information content (AvgIpc) is 2.20. The highest BCUT2D eigenvalue weighted by molar-refractivity contribution is 6.30. The zero-order valence-electron chi connectivity index (χ0n) is 9.09. The molecule has 0 spiro atoms. The number of hydrogen-bond acceptors (Lipinski definition) is 3. The molecule has 0 unspecified atom stereocenters. The van der Waals surface area contributed by atoms with E-state index in [1.165, 1.54) is 6.20 Å². The maximum absolute atomic E-state index is 11.8. The third-order valence-electron chi connectivity index (χ3n) is 2.97. The molecule has 86 valence electrons. The van der Waals surface area contributed by atoms with Crippen molar-refractivity contribution in [3.8, 4) is 0 Å². The predicted molar refractivity (Wildman–Crippen MR) is 63.4 cm³/mol. The highest BCUT2D eigenvalue weighted by Gasteiger charge is 2.40. The lowest BCUT2D eigenvalue weighted by Crippen LogP contribution is -2.56. The number of nitrogens with zero attached hydrogens (tertiary/aromatic N) is 1. The molecular weight excluding hydrogens is 226 g/mol. The van der Waals surface area contributed by atoms with Crippen LogP contribution in [-0.4, -0.2) is 16.4 Å². The summed E-state index contributed by atoms with van der Waals surface area (Å²) in [5.74, 6) is -0.137. The molecule has 1 aromatic rings. The molecule has 0 bridgehead atoms. The number of rotatable bonds is 2. The van der Waals surface area contributed by atoms with Crippen molar-refractivity contribution in [3.63, 3.8) is 0 Å². The van der Waals surface area contributed by atoms with Crippen LogP contribution in [0.15, 0.2) is 12.3 Å². The van der Waals surface area contributed by atoms with Crippen molar-refractivity contribution in [1.29, 1.82) is 0 Å². The van der Waals surface area contributed by atoms with Crippen LogP contribution in [0.4, 0.5) is 5.69 Å². The van der Waals surface area contributed by atoms with Crippen molar-refractivity contribution < 1.29 is 4.79 Å². The summed E-state index contributed by atoms with van der Waals surface area (Å²) in [4.78, 5) is 15.8. The molecule has 1 aliphatic carbocycles. The quantitative estimate of drug-likeness (QED) is 0.775. The van der Waals surface area contributed by atoms with Crippen LogP contribution < -0.4 is 11.1 Å². The van der Waals surface area contributed by atoms with Crippen molar-refractivity contribution in [2.24, 2.45) is 5.73 Å². The number of aromatic nitrogens is 1. The van der Waals surface area contributed by atoms with E-state index in [-0.39, 0.29) is 5.91 Å². The Bertz CT molecular complexity index is 429. The Hall–Kier alpha value is -1.13. The molecule has 16 heavy (non-hydrogen) atoms. The molecule has 1 fully saturated rings. The summed E-state index contributed by atoms with van der Waals surface area (Å²) in [6, 6.07) is 1.79. The first kappa shape index (κ1) is 11.4. The van der Waals surface area contributed by atoms with Crippen molar-refractivity contribution in [2.75, 3.05) is 5.32 Å². The molecule has 0 aliphatic heterocycles. The van der Waals surface area contributed by atoms with Gasteiger partial charge >= 0.3 is 0 Å². The maximum atomic E-state index is 11.8. The highest BCUT2D eigenvalue weighted by atomic mass is 35.5. The molecule has 0 saturated heterocycles. The van der Waals surface area contributed by atoms with Gasteiger partial charge in [-0.3, -0.25) is 4.79 Å². The molecule has 1 heterocycles. The Morgan fingerprint density at radius 3 is 2.81 bits per heavy atom. The van der Waals surface area contributed by atoms with Crippen molar-refractivity contribution in [3.05, 3.63) is 23.0 Å². The fraction of sp³-hybridized carbons (Fsp3) is 0.455. The molecule has 4 nitrogen and oxygen atoms in total. The van der Waals surface area contributed by atoms with Gasteiger partial charge in [0, 0.05) is 0 Å². The Morgan fingerprint density at radius 2 is 2.31 bits per heavy atom. The van der Waals surface area contributed by atoms with Gasteiger partial charge in [-0.25, -0.2) is 4.98 Å². The molecular formula is C11H14ClN3O. The van der Waals surface area contributed by atoms with Crippen LogP contribution in [0.3, 0.4) is 0 Å². The third kappa shape index (κ3) is 2.03. The number of nitrogens with two attached hydrogens (primary N) is 1. The van der Waals surface area contributed by atoms with E-state index in [2.05, 4.69) is 10.3 Å². The second kappa shape index (κ2) is 4.03. The molecule has 0 radical (unpaired) electrons. The van der Waals surface area contributed by atoms with Gasteiger partial charge in [0.05, 0.1) is 17.4 Å². The van der Waals surface area contributed by atoms with Gasteiger partial charge in [-0.2, -0.15) is 0 Å². The standard InChI is InChI=1S/C11H14ClN3O/c1-7-5-8(6-14-9(7)12)15-10(16)11(13)3-2-4-11/h5-6H,2-4,13H2,1H3,(H,15,16). The number of hydrogen-bond donors (Lipinski definition) is 2. The number of anilines is 1. The van der Waals surface area contributed by atoms with E-state index in [0.717, 1.165) is 24.8 Å². The van der Waals surface area contributed by atoms with Gasteiger partial charge < -0.3 is 11.1 Å². The molecule has 1 saturated carbocycles. The number of aryl methyl sites for hydroxylation is 1. The highest BCUT2D eigenvalue weighted by Crippen LogP contribution is 2.30. The number of halogens is 1. The van der Waals surface area contributed by atoms with E-state index >= 15 is 0 Å². The van der Waals surface area contributed by atoms with Gasteiger partial charge in [0.25, 0.3) is 0 Å². The summed E-state index contributed by atoms with van der Waals surface area (Å²) in [5.41, 5.74) is 6.69. The van der Waals surface area contributed by atoms with E-state index in [1.807, 2.05) is 6.92 Å². The minimum Gasteiger partial charge on any atom is -0.323 e. The zero-order chi connectivity index (χ0) is 11.8. The lowest BCUT2D eigenvalue weighted by molar-refractivity contribution is -0.123. The first-order valence-corrected chi connectivity index (χ1v) is 5.61. The van der Waals surface area contributed by atoms with E-state index in [1.54, 1.807) is 6.07 Å². The molecule has 1 aliphatic rings. The van der Waals surface area contributed by atoms with Crippen LogP contribution in [0, 0.1) is 6.92 Å². The minimum absolute atomic E-state index is 0.137. The monoisotopic (exact) mass is 239 g/mol. The molecule has 5 heteroatoms. The van der Waals surface area contributed by atoms with Gasteiger partial charge in [-0.1, -0.05) is 11.6 Å². The van der Waals surface area contributed by atoms with Crippen molar-refractivity contribution >= 4 is 23.2 Å². The summed E-state index contributed by atoms with van der Waals surface area (Å²) < 4.78 is 0. The lowest BCUT2D eigenvalue weighted by Gasteiger charge is -2.36. The summed E-state index contributed by atoms with van der Waals surface area (Å²) >= 11 is 5.80. The molecule has 1 amide bonds. The Balaban J connectivity index is 2.09. The van der Waals surface area contributed by atoms with Gasteiger partial charge in [0.15, 0.2) is 0 Å². The van der Waals surface area contributed by atoms with Gasteiger partial charge in [0.2, 0.25) is 5.91 Å². The molecule has 0 atom stereocenters. The van der Waals surface area contributed by atoms with Crippen LogP contribution in [0.5, 0.6) is 0 Å². The van der Waals surface area contributed by atoms with Crippen molar-refractivity contribution in [2.45, 2.75) is 31.7 Å². The fourth-order valence-corrected chi connectivity index (χ4v) is 1.77. The van der Waals surface area contributed by atoms with Gasteiger partial charge in [0.1, 0.15) is 5.15 Å². The van der Waals surface area contributed by atoms with Crippen LogP contribution >= 0.6 is 11.6 Å². The topological polar surface area (TPSA) is 68.0 Å². The number of carbonyl (C=O) groups is 1. The normalized spacial score (nSPS) is 17.7. The van der Waals surface area contributed by atoms with Crippen LogP contribution in [-0.2, 0) is 4.79 Å². The van der Waals surface area contributed by atoms with E-state index in [9.17, 15) is 4.79 Å². The maximum Gasteiger partial charge on any atom is 0.244 e. The molecule has 2 rings (SSSR count). The zero-order valence-corrected chi connectivity index (χ0v) is 9.84. The predicted octanol–water partition coefficient (Wildman–Crippen LogP) is 1.86. The van der Waals surface area contributed by atoms with Gasteiger partial charge in [-0.05, 0) is 37.8 Å². The van der Waals surface area contributed by atoms with Crippen molar-refractivity contribution in [1.82, 2.24) is 4.98 Å². The Labute approximate surface area is 99.2 Å². The number of amides is 1. The average molecular weight is 240 g/mol. The van der Waals surface area contributed by atoms with Crippen LogP contribution in [0.2, 0.25) is 5.15 Å². The van der Waals surface area contributed by atoms with Crippen LogP contribution in [0.25, 0.3) is 0 Å². The molecule has 1 aromatic heterocycles. The smallest absolute Gasteiger partial charge is 0.244 e. The Morgan fingerprint density at radius 1 is 1.62 bits per heavy atom. The summed E-state index contributed by atoms with van der Waals surface area (Å²) in [7, 11) is 0. The second-order valence-electron chi connectivity index (χ2n) is 4.30. The van der Waals surface area contributed by atoms with E-state index < -0.39 is 5.54 Å². The van der Waals surface area contributed by atoms with Gasteiger partial charge in [-0.15, -0.1) is 0 Å². The van der Waals surface area contributed by atoms with E-state index in [4.69, 9.17) is 17.3 Å². The summed E-state index contributed by atoms with van der Waals surface area (Å²) in [6.45, 7) is 1.84. The second-order valence-corrected chi connectivity index (χ2v) is 4.65. The first-order chi connectivity index (χ1) is 7.51. The van der Waals surface area contributed by atoms with E-state index in [0.29, 0.717) is 10.8 Å². The lowest BCUT2D eigenvalue weighted by atomic mass is 9.77. The minimum atomic E-state index is -0.687. The molecule has 3 N–H and O–H groups in total. The third-order valence-corrected chi connectivity index (χ3v) is 3.37. The summed E-state index contributed by atoms with van der Waals surface area (Å²) in [6.07, 6.45) is 4.05. The SMILES string of the molecule is Cc1cc(NC(=O)C2(N)CCC2)cnc1Cl.